The highest BCUT2D eigenvalue weighted by molar-refractivity contribution is 7.46. The summed E-state index contributed by atoms with van der Waals surface area (Å²) in [6.07, 6.45) is -0.198. The monoisotopic (exact) mass is 286 g/mol. The second-order valence-corrected chi connectivity index (χ2v) is 5.54. The van der Waals surface area contributed by atoms with Crippen molar-refractivity contribution >= 4 is 18.7 Å². The molecule has 1 aromatic heterocycles. The molecule has 0 fully saturated rings. The van der Waals surface area contributed by atoms with Gasteiger partial charge >= 0.3 is 7.82 Å². The van der Waals surface area contributed by atoms with Crippen molar-refractivity contribution in [1.82, 2.24) is 9.88 Å². The van der Waals surface area contributed by atoms with Crippen LogP contribution in [0.5, 0.6) is 5.75 Å². The number of phosphoric ester groups is 1. The van der Waals surface area contributed by atoms with E-state index in [0.29, 0.717) is 16.5 Å². The zero-order valence-electron chi connectivity index (χ0n) is 12.6. The van der Waals surface area contributed by atoms with Crippen molar-refractivity contribution in [3.8, 4) is 5.75 Å². The van der Waals surface area contributed by atoms with Crippen LogP contribution in [0.2, 0.25) is 0 Å². The van der Waals surface area contributed by atoms with Crippen LogP contribution >= 0.6 is 7.82 Å². The molecule has 0 amide bonds. The molecule has 0 bridgehead atoms. The van der Waals surface area contributed by atoms with Gasteiger partial charge in [-0.1, -0.05) is 6.07 Å². The van der Waals surface area contributed by atoms with Crippen molar-refractivity contribution in [2.24, 2.45) is 0 Å². The third-order valence-electron chi connectivity index (χ3n) is 2.47. The van der Waals surface area contributed by atoms with Crippen LogP contribution in [0.1, 0.15) is 8.30 Å². The van der Waals surface area contributed by atoms with Crippen LogP contribution in [-0.4, -0.2) is 40.3 Å². The van der Waals surface area contributed by atoms with Gasteiger partial charge in [0.1, 0.15) is 5.75 Å². The molecule has 7 heteroatoms. The third kappa shape index (κ3) is 3.58. The molecule has 6 nitrogen and oxygen atoms in total. The molecular weight excluding hydrogens is 267 g/mol. The number of aromatic amines is 1. The number of nitrogens with one attached hydrogen (secondary N) is 1. The highest BCUT2D eigenvalue weighted by Gasteiger charge is 2.19. The maximum atomic E-state index is 11.1. The van der Waals surface area contributed by atoms with Gasteiger partial charge in [-0.25, -0.2) is 4.57 Å². The summed E-state index contributed by atoms with van der Waals surface area (Å²) in [5.41, 5.74) is 0.855. The van der Waals surface area contributed by atoms with Crippen LogP contribution in [0.15, 0.2) is 24.4 Å². The smallest absolute Gasteiger partial charge is 0.404 e. The zero-order chi connectivity index (χ0) is 15.8. The molecule has 0 saturated heterocycles. The molecule has 1 aromatic carbocycles. The van der Waals surface area contributed by atoms with Crippen molar-refractivity contribution < 1.29 is 21.6 Å². The maximum absolute atomic E-state index is 11.1. The van der Waals surface area contributed by atoms with Gasteiger partial charge in [0.2, 0.25) is 0 Å². The Balaban J connectivity index is 2.58. The summed E-state index contributed by atoms with van der Waals surface area (Å²) in [5, 5.41) is 0.340. The number of phosphoric acid groups is 1. The number of hydrogen-bond donors (Lipinski definition) is 3. The van der Waals surface area contributed by atoms with Crippen LogP contribution in [-0.2, 0) is 10.9 Å². The number of likely N-dealkylation sites (N-methyl/N-ethyl adjacent to an activating group) is 1. The minimum atomic E-state index is -4.71. The van der Waals surface area contributed by atoms with Gasteiger partial charge in [-0.3, -0.25) is 9.79 Å². The van der Waals surface area contributed by atoms with Gasteiger partial charge < -0.3 is 14.4 Å². The Morgan fingerprint density at radius 1 is 1.47 bits per heavy atom. The lowest BCUT2D eigenvalue weighted by atomic mass is 10.1. The summed E-state index contributed by atoms with van der Waals surface area (Å²) in [6, 6.07) is 4.68. The summed E-state index contributed by atoms with van der Waals surface area (Å²) in [7, 11) is -1.21. The number of rotatable bonds is 5. The average Bonchev–Trinajstić information content (AvgIpc) is 2.70. The van der Waals surface area contributed by atoms with E-state index >= 15 is 0 Å². The zero-order valence-corrected chi connectivity index (χ0v) is 11.5. The van der Waals surface area contributed by atoms with Crippen molar-refractivity contribution in [1.29, 1.82) is 0 Å². The highest BCUT2D eigenvalue weighted by Crippen LogP contribution is 2.41. The molecule has 0 aliphatic carbocycles. The van der Waals surface area contributed by atoms with Gasteiger partial charge in [0.15, 0.2) is 0 Å². The molecular formula is C12H17N2O4P. The molecule has 0 aliphatic heterocycles. The van der Waals surface area contributed by atoms with Crippen molar-refractivity contribution in [3.05, 3.63) is 30.0 Å². The number of H-pyrrole nitrogens is 1. The van der Waals surface area contributed by atoms with Crippen LogP contribution in [0, 0.1) is 0 Å². The van der Waals surface area contributed by atoms with Crippen molar-refractivity contribution in [3.63, 3.8) is 0 Å². The van der Waals surface area contributed by atoms with Crippen LogP contribution in [0.4, 0.5) is 0 Å². The van der Waals surface area contributed by atoms with E-state index in [-0.39, 0.29) is 12.3 Å². The quantitative estimate of drug-likeness (QED) is 0.729. The molecule has 3 N–H and O–H groups in total. The lowest BCUT2D eigenvalue weighted by molar-refractivity contribution is 0.284. The molecule has 19 heavy (non-hydrogen) atoms. The normalized spacial score (nSPS) is 14.6. The topological polar surface area (TPSA) is 85.8 Å². The van der Waals surface area contributed by atoms with E-state index in [1.165, 1.54) is 12.3 Å². The van der Waals surface area contributed by atoms with Gasteiger partial charge in [0, 0.05) is 26.4 Å². The standard InChI is InChI=1S/C12H17N2O4P/c1-14(2)7-6-9-8-13-10-4-3-5-11(12(9)10)18-19(15,16)17/h3-5,8,13H,6-7H2,1-2H3,(H2,15,16,17)/i6D2. The first-order valence-electron chi connectivity index (χ1n) is 6.60. The Bertz CT molecular complexity index is 696. The number of hydrogen-bond acceptors (Lipinski definition) is 3. The summed E-state index contributed by atoms with van der Waals surface area (Å²) >= 11 is 0. The van der Waals surface area contributed by atoms with Crippen LogP contribution in [0.3, 0.4) is 0 Å². The first-order valence-corrected chi connectivity index (χ1v) is 7.14. The minimum Gasteiger partial charge on any atom is -0.404 e. The molecule has 2 rings (SSSR count). The van der Waals surface area contributed by atoms with Gasteiger partial charge in [0.25, 0.3) is 0 Å². The molecule has 0 atom stereocenters. The molecule has 0 aliphatic rings. The van der Waals surface area contributed by atoms with E-state index in [1.54, 1.807) is 31.1 Å². The van der Waals surface area contributed by atoms with E-state index in [2.05, 4.69) is 9.51 Å². The molecule has 1 heterocycles. The predicted octanol–water partition coefficient (Wildman–Crippen LogP) is 1.74. The summed E-state index contributed by atoms with van der Waals surface area (Å²) in [6.45, 7) is 0.129. The van der Waals surface area contributed by atoms with E-state index in [0.717, 1.165) is 0 Å². The summed E-state index contributed by atoms with van der Waals surface area (Å²) in [5.74, 6) is -0.0419. The minimum absolute atomic E-state index is 0.0419. The fourth-order valence-corrected chi connectivity index (χ4v) is 2.15. The van der Waals surface area contributed by atoms with E-state index in [1.807, 2.05) is 0 Å². The van der Waals surface area contributed by atoms with E-state index in [9.17, 15) is 4.57 Å². The van der Waals surface area contributed by atoms with Gasteiger partial charge in [-0.2, -0.15) is 0 Å². The first kappa shape index (κ1) is 11.5. The van der Waals surface area contributed by atoms with Crippen LogP contribution < -0.4 is 4.52 Å². The van der Waals surface area contributed by atoms with Crippen LogP contribution in [0.25, 0.3) is 10.9 Å². The first-order chi connectivity index (χ1) is 9.60. The fraction of sp³-hybridized carbons (Fsp3) is 0.333. The Kier molecular flexibility index (Phi) is 3.23. The molecule has 0 spiro atoms. The number of nitrogens with zero attached hydrogens (tertiary/aromatic N) is 1. The van der Waals surface area contributed by atoms with Gasteiger partial charge in [-0.15, -0.1) is 0 Å². The second kappa shape index (κ2) is 5.35. The average molecular weight is 286 g/mol. The molecule has 0 unspecified atom stereocenters. The third-order valence-corrected chi connectivity index (χ3v) is 2.91. The Labute approximate surface area is 114 Å². The lowest BCUT2D eigenvalue weighted by Crippen LogP contribution is -2.14. The Morgan fingerprint density at radius 3 is 2.84 bits per heavy atom. The largest absolute Gasteiger partial charge is 0.524 e. The molecule has 0 saturated carbocycles. The number of fused-ring (bicyclic) bond motifs is 1. The van der Waals surface area contributed by atoms with Gasteiger partial charge in [-0.05, 0) is 38.2 Å². The Morgan fingerprint density at radius 2 is 2.21 bits per heavy atom. The lowest BCUT2D eigenvalue weighted by Gasteiger charge is -2.11. The summed E-state index contributed by atoms with van der Waals surface area (Å²) < 4.78 is 32.1. The second-order valence-electron chi connectivity index (χ2n) is 4.38. The fourth-order valence-electron chi connectivity index (χ4n) is 1.74. The number of aromatic nitrogens is 1. The van der Waals surface area contributed by atoms with Crippen molar-refractivity contribution in [2.45, 2.75) is 6.37 Å². The molecule has 2 aromatic rings. The van der Waals surface area contributed by atoms with Gasteiger partial charge in [0.05, 0.1) is 0 Å². The van der Waals surface area contributed by atoms with Crippen molar-refractivity contribution in [2.75, 3.05) is 20.6 Å². The molecule has 104 valence electrons. The SMILES string of the molecule is [2H]C([2H])(CN(C)C)c1c[nH]c2cccc(OP(=O)(O)O)c12. The predicted molar refractivity (Wildman–Crippen MR) is 73.2 cm³/mol. The van der Waals surface area contributed by atoms with E-state index < -0.39 is 14.2 Å². The number of benzene rings is 1. The molecule has 0 radical (unpaired) electrons. The van der Waals surface area contributed by atoms with E-state index in [4.69, 9.17) is 12.5 Å². The Hall–Kier alpha value is -1.33. The highest BCUT2D eigenvalue weighted by atomic mass is 31.2. The maximum Gasteiger partial charge on any atom is 0.524 e. The summed E-state index contributed by atoms with van der Waals surface area (Å²) in [4.78, 5) is 22.6.